The minimum absolute atomic E-state index is 0.173. The average Bonchev–Trinajstić information content (AvgIpc) is 3.10. The highest BCUT2D eigenvalue weighted by Gasteiger charge is 2.39. The van der Waals surface area contributed by atoms with Crippen LogP contribution in [0.15, 0.2) is 18.2 Å². The SMILES string of the molecule is O=Cc1n[nH]c2c1CCNC2N1CCC(c2c(F)cccc2C(F)(F)F)CC1. The molecule has 1 unspecified atom stereocenters. The first-order valence-corrected chi connectivity index (χ1v) is 9.25. The van der Waals surface area contributed by atoms with Crippen molar-refractivity contribution in [3.8, 4) is 0 Å². The molecule has 1 saturated heterocycles. The van der Waals surface area contributed by atoms with Crippen LogP contribution < -0.4 is 5.32 Å². The van der Waals surface area contributed by atoms with Gasteiger partial charge in [-0.2, -0.15) is 18.3 Å². The van der Waals surface area contributed by atoms with Crippen molar-refractivity contribution >= 4 is 6.29 Å². The summed E-state index contributed by atoms with van der Waals surface area (Å²) in [7, 11) is 0. The molecule has 0 saturated carbocycles. The monoisotopic (exact) mass is 396 g/mol. The summed E-state index contributed by atoms with van der Waals surface area (Å²) in [5.74, 6) is -1.28. The number of piperidine rings is 1. The minimum atomic E-state index is -4.57. The highest BCUT2D eigenvalue weighted by atomic mass is 19.4. The Morgan fingerprint density at radius 3 is 2.64 bits per heavy atom. The van der Waals surface area contributed by atoms with Crippen LogP contribution in [-0.4, -0.2) is 41.0 Å². The average molecular weight is 396 g/mol. The summed E-state index contributed by atoms with van der Waals surface area (Å²) in [6, 6.07) is 3.15. The minimum Gasteiger partial charge on any atom is -0.296 e. The van der Waals surface area contributed by atoms with Crippen molar-refractivity contribution in [2.75, 3.05) is 19.6 Å². The highest BCUT2D eigenvalue weighted by molar-refractivity contribution is 5.75. The molecule has 4 rings (SSSR count). The molecule has 2 N–H and O–H groups in total. The molecule has 2 aliphatic rings. The summed E-state index contributed by atoms with van der Waals surface area (Å²) < 4.78 is 54.3. The fourth-order valence-corrected chi connectivity index (χ4v) is 4.37. The molecule has 150 valence electrons. The van der Waals surface area contributed by atoms with Gasteiger partial charge < -0.3 is 0 Å². The quantitative estimate of drug-likeness (QED) is 0.617. The van der Waals surface area contributed by atoms with Crippen LogP contribution in [0.1, 0.15) is 57.8 Å². The van der Waals surface area contributed by atoms with Gasteiger partial charge >= 0.3 is 6.18 Å². The largest absolute Gasteiger partial charge is 0.416 e. The molecular formula is C19H20F4N4O. The summed E-state index contributed by atoms with van der Waals surface area (Å²) in [5, 5.41) is 10.3. The predicted octanol–water partition coefficient (Wildman–Crippen LogP) is 3.40. The Balaban J connectivity index is 1.53. The molecule has 0 bridgehead atoms. The molecule has 28 heavy (non-hydrogen) atoms. The Bertz CT molecular complexity index is 871. The third-order valence-electron chi connectivity index (χ3n) is 5.69. The molecule has 3 heterocycles. The van der Waals surface area contributed by atoms with Crippen molar-refractivity contribution in [3.05, 3.63) is 52.1 Å². The molecule has 9 heteroatoms. The van der Waals surface area contributed by atoms with E-state index >= 15 is 0 Å². The lowest BCUT2D eigenvalue weighted by Gasteiger charge is -2.39. The summed E-state index contributed by atoms with van der Waals surface area (Å²) in [6.45, 7) is 1.72. The molecule has 2 aromatic rings. The fraction of sp³-hybridized carbons (Fsp3) is 0.474. The second-order valence-electron chi connectivity index (χ2n) is 7.23. The van der Waals surface area contributed by atoms with Gasteiger partial charge in [-0.1, -0.05) is 6.07 Å². The number of nitrogens with one attached hydrogen (secondary N) is 2. The van der Waals surface area contributed by atoms with Crippen molar-refractivity contribution < 1.29 is 22.4 Å². The van der Waals surface area contributed by atoms with Crippen molar-refractivity contribution in [2.45, 2.75) is 37.5 Å². The Kier molecular flexibility index (Phi) is 4.96. The van der Waals surface area contributed by atoms with E-state index in [-0.39, 0.29) is 11.7 Å². The van der Waals surface area contributed by atoms with Gasteiger partial charge in [0, 0.05) is 30.8 Å². The number of nitrogens with zero attached hydrogens (tertiary/aromatic N) is 2. The van der Waals surface area contributed by atoms with Gasteiger partial charge in [0.15, 0.2) is 6.29 Å². The summed E-state index contributed by atoms with van der Waals surface area (Å²) >= 11 is 0. The van der Waals surface area contributed by atoms with E-state index in [2.05, 4.69) is 20.4 Å². The van der Waals surface area contributed by atoms with Gasteiger partial charge in [0.25, 0.3) is 0 Å². The van der Waals surface area contributed by atoms with Crippen LogP contribution in [0.4, 0.5) is 17.6 Å². The zero-order valence-corrected chi connectivity index (χ0v) is 15.0. The number of likely N-dealkylation sites (tertiary alicyclic amines) is 1. The van der Waals surface area contributed by atoms with Crippen LogP contribution in [0.5, 0.6) is 0 Å². The first-order valence-electron chi connectivity index (χ1n) is 9.25. The third kappa shape index (κ3) is 3.33. The van der Waals surface area contributed by atoms with Crippen molar-refractivity contribution in [1.29, 1.82) is 0 Å². The molecule has 0 aliphatic carbocycles. The van der Waals surface area contributed by atoms with Gasteiger partial charge in [0.1, 0.15) is 17.7 Å². The standard InChI is InChI=1S/C19H20F4N4O/c20-14-3-1-2-13(19(21,22)23)16(14)11-5-8-27(9-6-11)18-17-12(4-7-24-18)15(10-28)25-26-17/h1-3,10-11,18,24H,4-9H2,(H,25,26). The smallest absolute Gasteiger partial charge is 0.296 e. The lowest BCUT2D eigenvalue weighted by Crippen LogP contribution is -2.46. The zero-order chi connectivity index (χ0) is 19.9. The number of aromatic amines is 1. The molecule has 1 fully saturated rings. The number of alkyl halides is 3. The normalized spacial score (nSPS) is 21.5. The number of benzene rings is 1. The first-order chi connectivity index (χ1) is 13.4. The lowest BCUT2D eigenvalue weighted by molar-refractivity contribution is -0.138. The van der Waals surface area contributed by atoms with Gasteiger partial charge in [-0.3, -0.25) is 20.1 Å². The summed E-state index contributed by atoms with van der Waals surface area (Å²) in [4.78, 5) is 13.2. The number of aldehydes is 1. The van der Waals surface area contributed by atoms with Crippen LogP contribution in [0, 0.1) is 5.82 Å². The van der Waals surface area contributed by atoms with Crippen LogP contribution in [0.25, 0.3) is 0 Å². The summed E-state index contributed by atoms with van der Waals surface area (Å²) in [5.41, 5.74) is 1.01. The van der Waals surface area contributed by atoms with Crippen molar-refractivity contribution in [1.82, 2.24) is 20.4 Å². The van der Waals surface area contributed by atoms with Crippen LogP contribution >= 0.6 is 0 Å². The molecule has 1 atom stereocenters. The molecule has 0 spiro atoms. The van der Waals surface area contributed by atoms with E-state index in [1.807, 2.05) is 0 Å². The Labute approximate surface area is 159 Å². The second kappa shape index (κ2) is 7.29. The number of hydrogen-bond acceptors (Lipinski definition) is 4. The van der Waals surface area contributed by atoms with Gasteiger partial charge in [-0.05, 0) is 37.3 Å². The van der Waals surface area contributed by atoms with E-state index in [4.69, 9.17) is 0 Å². The lowest BCUT2D eigenvalue weighted by atomic mass is 9.85. The number of carbonyl (C=O) groups is 1. The molecule has 0 amide bonds. The zero-order valence-electron chi connectivity index (χ0n) is 15.0. The van der Waals surface area contributed by atoms with Crippen LogP contribution in [0.2, 0.25) is 0 Å². The van der Waals surface area contributed by atoms with Gasteiger partial charge in [0.2, 0.25) is 0 Å². The van der Waals surface area contributed by atoms with Gasteiger partial charge in [-0.25, -0.2) is 4.39 Å². The Morgan fingerprint density at radius 1 is 1.21 bits per heavy atom. The Morgan fingerprint density at radius 2 is 1.96 bits per heavy atom. The maximum atomic E-state index is 14.3. The number of hydrogen-bond donors (Lipinski definition) is 2. The topological polar surface area (TPSA) is 61.0 Å². The van der Waals surface area contributed by atoms with Gasteiger partial charge in [-0.15, -0.1) is 0 Å². The molecule has 5 nitrogen and oxygen atoms in total. The van der Waals surface area contributed by atoms with E-state index in [0.29, 0.717) is 44.6 Å². The molecule has 1 aromatic carbocycles. The van der Waals surface area contributed by atoms with E-state index < -0.39 is 23.5 Å². The number of aromatic nitrogens is 2. The summed E-state index contributed by atoms with van der Waals surface area (Å²) in [6.07, 6.45) is -2.49. The number of H-pyrrole nitrogens is 1. The van der Waals surface area contributed by atoms with E-state index in [1.54, 1.807) is 0 Å². The van der Waals surface area contributed by atoms with Crippen molar-refractivity contribution in [2.24, 2.45) is 0 Å². The van der Waals surface area contributed by atoms with Crippen LogP contribution in [0.3, 0.4) is 0 Å². The maximum Gasteiger partial charge on any atom is 0.416 e. The maximum absolute atomic E-state index is 14.3. The number of fused-ring (bicyclic) bond motifs is 1. The molecular weight excluding hydrogens is 376 g/mol. The number of rotatable bonds is 3. The number of carbonyl (C=O) groups excluding carboxylic acids is 1. The third-order valence-corrected chi connectivity index (χ3v) is 5.69. The second-order valence-corrected chi connectivity index (χ2v) is 7.23. The highest BCUT2D eigenvalue weighted by Crippen LogP contribution is 2.41. The van der Waals surface area contributed by atoms with E-state index in [9.17, 15) is 22.4 Å². The fourth-order valence-electron chi connectivity index (χ4n) is 4.37. The molecule has 2 aliphatic heterocycles. The molecule has 1 aromatic heterocycles. The Hall–Kier alpha value is -2.26. The van der Waals surface area contributed by atoms with Crippen LogP contribution in [-0.2, 0) is 12.6 Å². The van der Waals surface area contributed by atoms with Crippen molar-refractivity contribution in [3.63, 3.8) is 0 Å². The van der Waals surface area contributed by atoms with Gasteiger partial charge in [0.05, 0.1) is 11.3 Å². The number of halogens is 4. The first kappa shape index (κ1) is 19.1. The molecule has 0 radical (unpaired) electrons. The van der Waals surface area contributed by atoms with E-state index in [1.165, 1.54) is 0 Å². The van der Waals surface area contributed by atoms with E-state index in [0.717, 1.165) is 35.7 Å². The predicted molar refractivity (Wildman–Crippen MR) is 93.4 cm³/mol.